The highest BCUT2D eigenvalue weighted by atomic mass is 31.1. The smallest absolute Gasteiger partial charge is 0.0351 e. The van der Waals surface area contributed by atoms with Crippen molar-refractivity contribution in [2.75, 3.05) is 0 Å². The molecule has 3 aromatic carbocycles. The van der Waals surface area contributed by atoms with Gasteiger partial charge in [0.15, 0.2) is 0 Å². The molecule has 0 aromatic heterocycles. The van der Waals surface area contributed by atoms with E-state index in [0.29, 0.717) is 11.3 Å². The van der Waals surface area contributed by atoms with E-state index < -0.39 is 0 Å². The molecule has 28 heavy (non-hydrogen) atoms. The molecule has 3 rings (SSSR count). The van der Waals surface area contributed by atoms with Crippen LogP contribution in [0.2, 0.25) is 0 Å². The molecule has 0 fully saturated rings. The molecular weight excluding hydrogens is 355 g/mol. The summed E-state index contributed by atoms with van der Waals surface area (Å²) in [6, 6.07) is 27.0. The summed E-state index contributed by atoms with van der Waals surface area (Å²) < 4.78 is 0. The van der Waals surface area contributed by atoms with E-state index in [-0.39, 0.29) is 13.8 Å². The lowest BCUT2D eigenvalue weighted by atomic mass is 9.81. The van der Waals surface area contributed by atoms with E-state index >= 15 is 0 Å². The molecule has 0 unspecified atom stereocenters. The number of hydrogen-bond acceptors (Lipinski definition) is 0. The molecule has 146 valence electrons. The Bertz CT molecular complexity index is 869. The summed E-state index contributed by atoms with van der Waals surface area (Å²) in [5.74, 6) is 0.279. The molecule has 0 aliphatic carbocycles. The summed E-state index contributed by atoms with van der Waals surface area (Å²) >= 11 is 0. The standard InChI is InChI=1S/C27H33P/c1-19(2)28(20(3)4)26-18-12-11-17-25(26)27(23-15-9-7-13-21(23)5)24-16-10-8-14-22(24)6/h7-20,27H,1-6H3. The van der Waals surface area contributed by atoms with Gasteiger partial charge in [-0.25, -0.2) is 0 Å². The van der Waals surface area contributed by atoms with Crippen LogP contribution in [0.25, 0.3) is 0 Å². The summed E-state index contributed by atoms with van der Waals surface area (Å²) in [6.07, 6.45) is 0. The van der Waals surface area contributed by atoms with Crippen LogP contribution in [0.3, 0.4) is 0 Å². The average Bonchev–Trinajstić information content (AvgIpc) is 2.65. The van der Waals surface area contributed by atoms with E-state index in [0.717, 1.165) is 0 Å². The Morgan fingerprint density at radius 1 is 0.536 bits per heavy atom. The predicted octanol–water partition coefficient (Wildman–Crippen LogP) is 7.41. The first-order valence-electron chi connectivity index (χ1n) is 10.4. The Labute approximate surface area is 172 Å². The van der Waals surface area contributed by atoms with Crippen molar-refractivity contribution < 1.29 is 0 Å². The molecule has 0 amide bonds. The molecule has 0 nitrogen and oxygen atoms in total. The van der Waals surface area contributed by atoms with Gasteiger partial charge in [0.05, 0.1) is 0 Å². The maximum atomic E-state index is 2.39. The van der Waals surface area contributed by atoms with Crippen molar-refractivity contribution in [1.82, 2.24) is 0 Å². The van der Waals surface area contributed by atoms with E-state index in [4.69, 9.17) is 0 Å². The fraction of sp³-hybridized carbons (Fsp3) is 0.333. The van der Waals surface area contributed by atoms with Gasteiger partial charge in [0, 0.05) is 5.92 Å². The quantitative estimate of drug-likeness (QED) is 0.305. The van der Waals surface area contributed by atoms with Gasteiger partial charge in [-0.15, -0.1) is 0 Å². The van der Waals surface area contributed by atoms with Gasteiger partial charge in [0.2, 0.25) is 0 Å². The highest BCUT2D eigenvalue weighted by Gasteiger charge is 2.27. The van der Waals surface area contributed by atoms with Crippen molar-refractivity contribution in [3.05, 3.63) is 101 Å². The highest BCUT2D eigenvalue weighted by Crippen LogP contribution is 2.48. The van der Waals surface area contributed by atoms with Gasteiger partial charge in [-0.3, -0.25) is 0 Å². The van der Waals surface area contributed by atoms with Crippen molar-refractivity contribution in [3.8, 4) is 0 Å². The molecule has 0 aliphatic heterocycles. The molecule has 0 atom stereocenters. The van der Waals surface area contributed by atoms with Gasteiger partial charge >= 0.3 is 0 Å². The number of aryl methyl sites for hydroxylation is 2. The lowest BCUT2D eigenvalue weighted by molar-refractivity contribution is 0.952. The molecule has 0 bridgehead atoms. The predicted molar refractivity (Wildman–Crippen MR) is 127 cm³/mol. The second kappa shape index (κ2) is 9.06. The van der Waals surface area contributed by atoms with E-state index in [1.54, 1.807) is 5.30 Å². The van der Waals surface area contributed by atoms with Crippen LogP contribution in [0.15, 0.2) is 72.8 Å². The zero-order valence-electron chi connectivity index (χ0n) is 18.1. The molecule has 1 heteroatoms. The molecule has 0 aliphatic rings. The molecule has 0 spiro atoms. The fourth-order valence-electron chi connectivity index (χ4n) is 4.44. The second-order valence-corrected chi connectivity index (χ2v) is 11.7. The van der Waals surface area contributed by atoms with Crippen molar-refractivity contribution in [2.45, 2.75) is 58.8 Å². The summed E-state index contributed by atoms with van der Waals surface area (Å²) in [4.78, 5) is 0. The first-order chi connectivity index (χ1) is 13.4. The molecule has 0 saturated heterocycles. The Balaban J connectivity index is 2.29. The van der Waals surface area contributed by atoms with Crippen molar-refractivity contribution in [1.29, 1.82) is 0 Å². The molecule has 0 N–H and O–H groups in total. The topological polar surface area (TPSA) is 0 Å². The molecule has 0 heterocycles. The van der Waals surface area contributed by atoms with Gasteiger partial charge in [0.25, 0.3) is 0 Å². The lowest BCUT2D eigenvalue weighted by Crippen LogP contribution is -2.22. The summed E-state index contributed by atoms with van der Waals surface area (Å²) in [7, 11) is -0.227. The third-order valence-electron chi connectivity index (χ3n) is 5.64. The SMILES string of the molecule is Cc1ccccc1C(c1ccccc1C)c1ccccc1P(C(C)C)C(C)C. The minimum absolute atomic E-state index is 0.227. The number of benzene rings is 3. The summed E-state index contributed by atoms with van der Waals surface area (Å²) in [5, 5.41) is 1.57. The Hall–Kier alpha value is -1.91. The highest BCUT2D eigenvalue weighted by molar-refractivity contribution is 7.67. The lowest BCUT2D eigenvalue weighted by Gasteiger charge is -2.32. The summed E-state index contributed by atoms with van der Waals surface area (Å²) in [5.41, 5.74) is 8.40. The minimum atomic E-state index is -0.227. The maximum absolute atomic E-state index is 2.39. The Kier molecular flexibility index (Phi) is 6.73. The van der Waals surface area contributed by atoms with Crippen molar-refractivity contribution >= 4 is 13.2 Å². The first kappa shape index (κ1) is 20.8. The largest absolute Gasteiger partial charge is 0.0697 e. The van der Waals surface area contributed by atoms with Crippen LogP contribution in [0.5, 0.6) is 0 Å². The number of rotatable bonds is 6. The zero-order chi connectivity index (χ0) is 20.3. The Morgan fingerprint density at radius 3 is 1.36 bits per heavy atom. The van der Waals surface area contributed by atoms with E-state index in [2.05, 4.69) is 114 Å². The third kappa shape index (κ3) is 4.23. The molecule has 0 radical (unpaired) electrons. The van der Waals surface area contributed by atoms with E-state index in [1.807, 2.05) is 0 Å². The van der Waals surface area contributed by atoms with Gasteiger partial charge < -0.3 is 0 Å². The van der Waals surface area contributed by atoms with Gasteiger partial charge in [-0.1, -0.05) is 108 Å². The minimum Gasteiger partial charge on any atom is -0.0697 e. The van der Waals surface area contributed by atoms with Gasteiger partial charge in [-0.05, 0) is 58.3 Å². The van der Waals surface area contributed by atoms with Crippen molar-refractivity contribution in [2.24, 2.45) is 0 Å². The molecule has 3 aromatic rings. The van der Waals surface area contributed by atoms with Crippen LogP contribution in [0, 0.1) is 13.8 Å². The second-order valence-electron chi connectivity index (χ2n) is 8.30. The van der Waals surface area contributed by atoms with Gasteiger partial charge in [0.1, 0.15) is 0 Å². The van der Waals surface area contributed by atoms with Crippen LogP contribution in [-0.4, -0.2) is 11.3 Å². The maximum Gasteiger partial charge on any atom is 0.0351 e. The number of hydrogen-bond donors (Lipinski definition) is 0. The van der Waals surface area contributed by atoms with Crippen LogP contribution in [-0.2, 0) is 0 Å². The summed E-state index contributed by atoms with van der Waals surface area (Å²) in [6.45, 7) is 14.0. The molecule has 0 saturated carbocycles. The molecular formula is C27H33P. The normalized spacial score (nSPS) is 11.8. The fourth-order valence-corrected chi connectivity index (χ4v) is 7.51. The van der Waals surface area contributed by atoms with Crippen LogP contribution >= 0.6 is 7.92 Å². The van der Waals surface area contributed by atoms with E-state index in [1.165, 1.54) is 27.8 Å². The monoisotopic (exact) mass is 388 g/mol. The van der Waals surface area contributed by atoms with Crippen LogP contribution < -0.4 is 5.30 Å². The van der Waals surface area contributed by atoms with Crippen LogP contribution in [0.4, 0.5) is 0 Å². The zero-order valence-corrected chi connectivity index (χ0v) is 19.0. The third-order valence-corrected chi connectivity index (χ3v) is 8.83. The van der Waals surface area contributed by atoms with Crippen LogP contribution in [0.1, 0.15) is 61.4 Å². The van der Waals surface area contributed by atoms with Crippen molar-refractivity contribution in [3.63, 3.8) is 0 Å². The van der Waals surface area contributed by atoms with Gasteiger partial charge in [-0.2, -0.15) is 0 Å². The Morgan fingerprint density at radius 2 is 0.929 bits per heavy atom. The van der Waals surface area contributed by atoms with E-state index in [9.17, 15) is 0 Å². The average molecular weight is 389 g/mol. The first-order valence-corrected chi connectivity index (χ1v) is 11.9.